The number of carbonyl (C=O) groups is 1. The monoisotopic (exact) mass is 424 g/mol. The third-order valence-electron chi connectivity index (χ3n) is 4.50. The first-order valence-corrected chi connectivity index (χ1v) is 10.1. The lowest BCUT2D eigenvalue weighted by molar-refractivity contribution is -0.136. The summed E-state index contributed by atoms with van der Waals surface area (Å²) >= 11 is 12.1. The number of anilines is 2. The predicted molar refractivity (Wildman–Crippen MR) is 115 cm³/mol. The van der Waals surface area contributed by atoms with Crippen LogP contribution in [0.2, 0.25) is 10.0 Å². The van der Waals surface area contributed by atoms with Crippen molar-refractivity contribution in [2.45, 2.75) is 38.8 Å². The van der Waals surface area contributed by atoms with Crippen LogP contribution in [-0.2, 0) is 11.2 Å². The van der Waals surface area contributed by atoms with Crippen molar-refractivity contribution in [3.8, 4) is 0 Å². The van der Waals surface area contributed by atoms with Gasteiger partial charge in [0.15, 0.2) is 0 Å². The van der Waals surface area contributed by atoms with Crippen molar-refractivity contribution in [1.29, 1.82) is 0 Å². The first-order chi connectivity index (χ1) is 13.4. The van der Waals surface area contributed by atoms with Gasteiger partial charge in [0.1, 0.15) is 6.23 Å². The number of rotatable bonds is 5. The highest BCUT2D eigenvalue weighted by Crippen LogP contribution is 2.33. The van der Waals surface area contributed by atoms with E-state index < -0.39 is 5.97 Å². The molecule has 1 fully saturated rings. The third-order valence-corrected chi connectivity index (χ3v) is 5.13. The zero-order valence-corrected chi connectivity index (χ0v) is 17.4. The van der Waals surface area contributed by atoms with Gasteiger partial charge >= 0.3 is 5.97 Å². The molecule has 152 valence electrons. The Hall–Kier alpha value is -1.79. The van der Waals surface area contributed by atoms with Crippen molar-refractivity contribution in [1.82, 2.24) is 4.90 Å². The number of aliphatic hydroxyl groups excluding tert-OH is 1. The first kappa shape index (κ1) is 22.5. The zero-order chi connectivity index (χ0) is 20.5. The Kier molecular flexibility index (Phi) is 9.06. The Morgan fingerprint density at radius 2 is 1.68 bits per heavy atom. The zero-order valence-electron chi connectivity index (χ0n) is 15.9. The highest BCUT2D eigenvalue weighted by atomic mass is 35.5. The average molecular weight is 425 g/mol. The SMILES string of the molecule is CC(O)N1CCCCC1.O=C(O)Cc1ccccc1Nc1c(Cl)cccc1Cl. The normalized spacial score (nSPS) is 15.3. The van der Waals surface area contributed by atoms with Crippen LogP contribution in [0.15, 0.2) is 42.5 Å². The molecule has 3 N–H and O–H groups in total. The van der Waals surface area contributed by atoms with Crippen molar-refractivity contribution in [3.63, 3.8) is 0 Å². The fraction of sp³-hybridized carbons (Fsp3) is 0.381. The van der Waals surface area contributed by atoms with E-state index in [4.69, 9.17) is 33.4 Å². The van der Waals surface area contributed by atoms with Gasteiger partial charge in [-0.3, -0.25) is 9.69 Å². The molecule has 2 aromatic rings. The van der Waals surface area contributed by atoms with Gasteiger partial charge in [-0.15, -0.1) is 0 Å². The number of hydrogen-bond donors (Lipinski definition) is 3. The molecule has 0 amide bonds. The van der Waals surface area contributed by atoms with Gasteiger partial charge in [0.05, 0.1) is 22.2 Å². The summed E-state index contributed by atoms with van der Waals surface area (Å²) in [6.45, 7) is 4.00. The summed E-state index contributed by atoms with van der Waals surface area (Å²) in [5.41, 5.74) is 1.93. The van der Waals surface area contributed by atoms with E-state index in [1.807, 2.05) is 13.0 Å². The number of aliphatic carboxylic acids is 1. The van der Waals surface area contributed by atoms with Crippen LogP contribution >= 0.6 is 23.2 Å². The van der Waals surface area contributed by atoms with E-state index in [9.17, 15) is 4.79 Å². The van der Waals surface area contributed by atoms with E-state index in [1.54, 1.807) is 36.4 Å². The summed E-state index contributed by atoms with van der Waals surface area (Å²) in [5.74, 6) is -0.889. The molecular weight excluding hydrogens is 399 g/mol. The van der Waals surface area contributed by atoms with Crippen LogP contribution in [0, 0.1) is 0 Å². The molecule has 1 unspecified atom stereocenters. The second-order valence-corrected chi connectivity index (χ2v) is 7.49. The molecule has 2 aromatic carbocycles. The molecule has 0 spiro atoms. The molecule has 1 aliphatic rings. The highest BCUT2D eigenvalue weighted by molar-refractivity contribution is 6.39. The van der Waals surface area contributed by atoms with E-state index in [1.165, 1.54) is 19.3 Å². The summed E-state index contributed by atoms with van der Waals surface area (Å²) in [7, 11) is 0. The molecule has 3 rings (SSSR count). The lowest BCUT2D eigenvalue weighted by atomic mass is 10.1. The van der Waals surface area contributed by atoms with E-state index in [-0.39, 0.29) is 12.6 Å². The maximum atomic E-state index is 10.8. The van der Waals surface area contributed by atoms with Crippen LogP contribution in [0.25, 0.3) is 0 Å². The van der Waals surface area contributed by atoms with Crippen molar-refractivity contribution in [2.75, 3.05) is 18.4 Å². The number of hydrogen-bond acceptors (Lipinski definition) is 4. The number of para-hydroxylation sites is 2. The average Bonchev–Trinajstić information content (AvgIpc) is 2.67. The maximum absolute atomic E-state index is 10.8. The molecule has 1 heterocycles. The van der Waals surface area contributed by atoms with E-state index in [2.05, 4.69) is 10.2 Å². The number of halogens is 2. The van der Waals surface area contributed by atoms with E-state index in [0.717, 1.165) is 13.1 Å². The lowest BCUT2D eigenvalue weighted by Crippen LogP contribution is -2.36. The van der Waals surface area contributed by atoms with Crippen LogP contribution < -0.4 is 5.32 Å². The van der Waals surface area contributed by atoms with Crippen molar-refractivity contribution < 1.29 is 15.0 Å². The molecule has 7 heteroatoms. The number of carboxylic acids is 1. The van der Waals surface area contributed by atoms with Gasteiger partial charge in [-0.2, -0.15) is 0 Å². The summed E-state index contributed by atoms with van der Waals surface area (Å²) in [5, 5.41) is 22.0. The number of benzene rings is 2. The van der Waals surface area contributed by atoms with Crippen molar-refractivity contribution in [2.24, 2.45) is 0 Å². The second kappa shape index (κ2) is 11.3. The summed E-state index contributed by atoms with van der Waals surface area (Å²) < 4.78 is 0. The molecule has 0 radical (unpaired) electrons. The Bertz CT molecular complexity index is 758. The molecule has 0 aromatic heterocycles. The molecule has 1 aliphatic heterocycles. The Morgan fingerprint density at radius 1 is 1.07 bits per heavy atom. The number of likely N-dealkylation sites (tertiary alicyclic amines) is 1. The van der Waals surface area contributed by atoms with Gasteiger partial charge in [-0.05, 0) is 43.5 Å². The summed E-state index contributed by atoms with van der Waals surface area (Å²) in [6, 6.07) is 12.3. The molecule has 28 heavy (non-hydrogen) atoms. The third kappa shape index (κ3) is 6.99. The number of piperidine rings is 1. The smallest absolute Gasteiger partial charge is 0.307 e. The standard InChI is InChI=1S/C14H11Cl2NO2.C7H15NO/c15-10-5-3-6-11(16)14(10)17-12-7-2-1-4-9(12)8-13(18)19;1-7(9)8-5-3-2-4-6-8/h1-7,17H,8H2,(H,18,19);7,9H,2-6H2,1H3. The Balaban J connectivity index is 0.000000261. The molecular formula is C21H26Cl2N2O3. The van der Waals surface area contributed by atoms with Crippen LogP contribution in [0.1, 0.15) is 31.7 Å². The second-order valence-electron chi connectivity index (χ2n) is 6.68. The minimum absolute atomic E-state index is 0.0642. The summed E-state index contributed by atoms with van der Waals surface area (Å²) in [4.78, 5) is 12.9. The van der Waals surface area contributed by atoms with Gasteiger partial charge in [0, 0.05) is 18.8 Å². The minimum Gasteiger partial charge on any atom is -0.481 e. The highest BCUT2D eigenvalue weighted by Gasteiger charge is 2.13. The quantitative estimate of drug-likeness (QED) is 0.616. The number of nitrogens with one attached hydrogen (secondary N) is 1. The van der Waals surface area contributed by atoms with Gasteiger partial charge in [0.2, 0.25) is 0 Å². The van der Waals surface area contributed by atoms with Gasteiger partial charge < -0.3 is 15.5 Å². The van der Waals surface area contributed by atoms with Gasteiger partial charge in [0.25, 0.3) is 0 Å². The fourth-order valence-electron chi connectivity index (χ4n) is 3.00. The molecule has 1 atom stereocenters. The van der Waals surface area contributed by atoms with Crippen LogP contribution in [0.3, 0.4) is 0 Å². The maximum Gasteiger partial charge on any atom is 0.307 e. The van der Waals surface area contributed by atoms with Gasteiger partial charge in [-0.25, -0.2) is 0 Å². The fourth-order valence-corrected chi connectivity index (χ4v) is 3.50. The van der Waals surface area contributed by atoms with E-state index >= 15 is 0 Å². The Labute approximate surface area is 175 Å². The summed E-state index contributed by atoms with van der Waals surface area (Å²) in [6.07, 6.45) is 3.55. The van der Waals surface area contributed by atoms with Gasteiger partial charge in [-0.1, -0.05) is 53.9 Å². The van der Waals surface area contributed by atoms with E-state index in [0.29, 0.717) is 27.0 Å². The molecule has 0 aliphatic carbocycles. The lowest BCUT2D eigenvalue weighted by Gasteiger charge is -2.28. The molecule has 1 saturated heterocycles. The Morgan fingerprint density at radius 3 is 2.21 bits per heavy atom. The van der Waals surface area contributed by atoms with Crippen LogP contribution in [0.4, 0.5) is 11.4 Å². The predicted octanol–water partition coefficient (Wildman–Crippen LogP) is 5.17. The topological polar surface area (TPSA) is 72.8 Å². The molecule has 5 nitrogen and oxygen atoms in total. The number of carboxylic acid groups (broad SMARTS) is 1. The number of aliphatic hydroxyl groups is 1. The van der Waals surface area contributed by atoms with Crippen molar-refractivity contribution in [3.05, 3.63) is 58.1 Å². The van der Waals surface area contributed by atoms with Crippen LogP contribution in [-0.4, -0.2) is 40.4 Å². The van der Waals surface area contributed by atoms with Crippen LogP contribution in [0.5, 0.6) is 0 Å². The first-order valence-electron chi connectivity index (χ1n) is 9.31. The molecule has 0 bridgehead atoms. The van der Waals surface area contributed by atoms with Crippen molar-refractivity contribution >= 4 is 40.5 Å². The number of nitrogens with zero attached hydrogens (tertiary/aromatic N) is 1. The molecule has 0 saturated carbocycles. The minimum atomic E-state index is -0.889. The largest absolute Gasteiger partial charge is 0.481 e.